The molecule has 94 valence electrons. The Labute approximate surface area is 109 Å². The van der Waals surface area contributed by atoms with E-state index in [1.54, 1.807) is 0 Å². The van der Waals surface area contributed by atoms with Crippen molar-refractivity contribution in [2.45, 2.75) is 51.0 Å². The van der Waals surface area contributed by atoms with Gasteiger partial charge in [-0.15, -0.1) is 0 Å². The molecule has 1 aliphatic rings. The van der Waals surface area contributed by atoms with E-state index in [0.29, 0.717) is 0 Å². The van der Waals surface area contributed by atoms with Crippen LogP contribution in [0.4, 0.5) is 0 Å². The van der Waals surface area contributed by atoms with Gasteiger partial charge in [0.05, 0.1) is 12.2 Å². The molecule has 1 heterocycles. The summed E-state index contributed by atoms with van der Waals surface area (Å²) in [6.07, 6.45) is 7.40. The maximum Gasteiger partial charge on any atom is 0.0919 e. The molecule has 1 aromatic carbocycles. The minimum absolute atomic E-state index is 0.217. The fraction of sp³-hybridized carbons (Fsp3) is 0.600. The molecule has 1 aromatic rings. The van der Waals surface area contributed by atoms with Crippen molar-refractivity contribution >= 4 is 11.6 Å². The minimum atomic E-state index is 0.217. The van der Waals surface area contributed by atoms with E-state index in [-0.39, 0.29) is 5.60 Å². The summed E-state index contributed by atoms with van der Waals surface area (Å²) in [6, 6.07) is 8.16. The lowest BCUT2D eigenvalue weighted by Gasteiger charge is -2.11. The summed E-state index contributed by atoms with van der Waals surface area (Å²) in [7, 11) is 0. The maximum atomic E-state index is 5.87. The lowest BCUT2D eigenvalue weighted by molar-refractivity contribution is 0.267. The molecule has 1 nitrogen and oxygen atoms in total. The first-order valence-electron chi connectivity index (χ1n) is 6.62. The molecule has 1 aliphatic heterocycles. The molecule has 0 saturated carbocycles. The van der Waals surface area contributed by atoms with Crippen LogP contribution in [0, 0.1) is 0 Å². The molecule has 0 amide bonds. The molecule has 17 heavy (non-hydrogen) atoms. The Balaban J connectivity index is 1.75. The monoisotopic (exact) mass is 252 g/mol. The summed E-state index contributed by atoms with van der Waals surface area (Å²) in [4.78, 5) is 0. The van der Waals surface area contributed by atoms with E-state index in [4.69, 9.17) is 16.3 Å². The van der Waals surface area contributed by atoms with Crippen LogP contribution < -0.4 is 0 Å². The molecule has 2 heteroatoms. The number of benzene rings is 1. The van der Waals surface area contributed by atoms with Crippen molar-refractivity contribution in [2.24, 2.45) is 0 Å². The van der Waals surface area contributed by atoms with Crippen LogP contribution in [0.5, 0.6) is 0 Å². The number of rotatable bonds is 7. The Morgan fingerprint density at radius 1 is 1.18 bits per heavy atom. The lowest BCUT2D eigenvalue weighted by atomic mass is 9.95. The summed E-state index contributed by atoms with van der Waals surface area (Å²) in [5.41, 5.74) is 1.58. The third-order valence-electron chi connectivity index (χ3n) is 3.57. The smallest absolute Gasteiger partial charge is 0.0919 e. The first-order valence-corrected chi connectivity index (χ1v) is 7.00. The van der Waals surface area contributed by atoms with Gasteiger partial charge in [0.25, 0.3) is 0 Å². The third kappa shape index (κ3) is 4.01. The predicted octanol–water partition coefficient (Wildman–Crippen LogP) is 4.62. The fourth-order valence-electron chi connectivity index (χ4n) is 2.24. The quantitative estimate of drug-likeness (QED) is 0.510. The minimum Gasteiger partial charge on any atom is -0.370 e. The van der Waals surface area contributed by atoms with Crippen molar-refractivity contribution in [3.63, 3.8) is 0 Å². The van der Waals surface area contributed by atoms with Crippen LogP contribution in [-0.2, 0) is 11.2 Å². The van der Waals surface area contributed by atoms with Gasteiger partial charge in [-0.25, -0.2) is 0 Å². The first kappa shape index (κ1) is 12.9. The van der Waals surface area contributed by atoms with Gasteiger partial charge in [0.1, 0.15) is 0 Å². The van der Waals surface area contributed by atoms with Gasteiger partial charge in [-0.05, 0) is 37.0 Å². The molecule has 0 N–H and O–H groups in total. The zero-order valence-corrected chi connectivity index (χ0v) is 11.3. The zero-order chi connectivity index (χ0) is 12.1. The summed E-state index contributed by atoms with van der Waals surface area (Å²) < 4.78 is 5.66. The van der Waals surface area contributed by atoms with E-state index in [0.717, 1.165) is 24.5 Å². The van der Waals surface area contributed by atoms with Crippen molar-refractivity contribution in [1.29, 1.82) is 0 Å². The molecule has 0 radical (unpaired) electrons. The number of epoxide rings is 1. The Morgan fingerprint density at radius 3 is 2.47 bits per heavy atom. The molecule has 1 atom stereocenters. The van der Waals surface area contributed by atoms with Crippen molar-refractivity contribution in [3.05, 3.63) is 34.9 Å². The molecule has 1 saturated heterocycles. The molecule has 0 spiro atoms. The van der Waals surface area contributed by atoms with Crippen molar-refractivity contribution in [2.75, 3.05) is 6.61 Å². The van der Waals surface area contributed by atoms with Gasteiger partial charge in [-0.3, -0.25) is 0 Å². The van der Waals surface area contributed by atoms with Crippen molar-refractivity contribution in [3.8, 4) is 0 Å². The second-order valence-electron chi connectivity index (χ2n) is 5.06. The average molecular weight is 253 g/mol. The number of halogens is 1. The largest absolute Gasteiger partial charge is 0.370 e. The molecule has 2 rings (SSSR count). The second kappa shape index (κ2) is 5.88. The molecule has 1 fully saturated rings. The summed E-state index contributed by atoms with van der Waals surface area (Å²) in [6.45, 7) is 3.21. The molecule has 1 unspecified atom stereocenters. The highest BCUT2D eigenvalue weighted by Gasteiger charge is 2.42. The number of unbranched alkanes of at least 4 members (excludes halogenated alkanes) is 2. The first-order chi connectivity index (χ1) is 8.24. The van der Waals surface area contributed by atoms with Gasteiger partial charge in [0, 0.05) is 5.02 Å². The number of hydrogen-bond acceptors (Lipinski definition) is 1. The highest BCUT2D eigenvalue weighted by molar-refractivity contribution is 6.30. The Kier molecular flexibility index (Phi) is 4.47. The Bertz CT molecular complexity index is 340. The highest BCUT2D eigenvalue weighted by Crippen LogP contribution is 2.37. The summed E-state index contributed by atoms with van der Waals surface area (Å²) in [5.74, 6) is 0. The normalized spacial score (nSPS) is 22.7. The molecular formula is C15H21ClO. The van der Waals surface area contributed by atoms with Crippen LogP contribution in [0.1, 0.15) is 44.6 Å². The Morgan fingerprint density at radius 2 is 1.88 bits per heavy atom. The number of ether oxygens (including phenoxy) is 1. The zero-order valence-electron chi connectivity index (χ0n) is 10.5. The average Bonchev–Trinajstić information content (AvgIpc) is 3.10. The van der Waals surface area contributed by atoms with Gasteiger partial charge < -0.3 is 4.74 Å². The summed E-state index contributed by atoms with van der Waals surface area (Å²) in [5, 5.41) is 0.814. The Hall–Kier alpha value is -0.530. The molecule has 0 aliphatic carbocycles. The van der Waals surface area contributed by atoms with E-state index in [2.05, 4.69) is 19.1 Å². The van der Waals surface area contributed by atoms with Crippen LogP contribution in [0.3, 0.4) is 0 Å². The highest BCUT2D eigenvalue weighted by atomic mass is 35.5. The van der Waals surface area contributed by atoms with Crippen LogP contribution in [-0.4, -0.2) is 12.2 Å². The van der Waals surface area contributed by atoms with E-state index in [9.17, 15) is 0 Å². The van der Waals surface area contributed by atoms with Crippen molar-refractivity contribution in [1.82, 2.24) is 0 Å². The van der Waals surface area contributed by atoms with Crippen LogP contribution in [0.25, 0.3) is 0 Å². The van der Waals surface area contributed by atoms with Gasteiger partial charge in [-0.2, -0.15) is 0 Å². The molecule has 0 bridgehead atoms. The lowest BCUT2D eigenvalue weighted by Crippen LogP contribution is -2.12. The number of aryl methyl sites for hydroxylation is 1. The van der Waals surface area contributed by atoms with E-state index in [1.807, 2.05) is 12.1 Å². The standard InChI is InChI=1S/C15H21ClO/c1-2-3-4-10-15(12-17-15)11-9-13-5-7-14(16)8-6-13/h5-8H,2-4,9-12H2,1H3. The van der Waals surface area contributed by atoms with Crippen LogP contribution >= 0.6 is 11.6 Å². The van der Waals surface area contributed by atoms with E-state index >= 15 is 0 Å². The molecular weight excluding hydrogens is 232 g/mol. The second-order valence-corrected chi connectivity index (χ2v) is 5.49. The van der Waals surface area contributed by atoms with E-state index in [1.165, 1.54) is 31.2 Å². The maximum absolute atomic E-state index is 5.87. The predicted molar refractivity (Wildman–Crippen MR) is 72.6 cm³/mol. The van der Waals surface area contributed by atoms with E-state index < -0.39 is 0 Å². The van der Waals surface area contributed by atoms with Gasteiger partial charge in [-0.1, -0.05) is 49.9 Å². The third-order valence-corrected chi connectivity index (χ3v) is 3.82. The topological polar surface area (TPSA) is 12.5 Å². The van der Waals surface area contributed by atoms with Crippen LogP contribution in [0.15, 0.2) is 24.3 Å². The molecule has 0 aromatic heterocycles. The van der Waals surface area contributed by atoms with Crippen molar-refractivity contribution < 1.29 is 4.74 Å². The number of hydrogen-bond donors (Lipinski definition) is 0. The van der Waals surface area contributed by atoms with Crippen LogP contribution in [0.2, 0.25) is 5.02 Å². The fourth-order valence-corrected chi connectivity index (χ4v) is 2.36. The van der Waals surface area contributed by atoms with Gasteiger partial charge in [0.2, 0.25) is 0 Å². The van der Waals surface area contributed by atoms with Gasteiger partial charge in [0.15, 0.2) is 0 Å². The summed E-state index contributed by atoms with van der Waals surface area (Å²) >= 11 is 5.87. The SMILES string of the molecule is CCCCCC1(CCc2ccc(Cl)cc2)CO1. The van der Waals surface area contributed by atoms with Gasteiger partial charge >= 0.3 is 0 Å².